The second-order valence-electron chi connectivity index (χ2n) is 6.30. The fourth-order valence-corrected chi connectivity index (χ4v) is 2.48. The topological polar surface area (TPSA) is 35.1 Å². The summed E-state index contributed by atoms with van der Waals surface area (Å²) >= 11 is 0. The summed E-state index contributed by atoms with van der Waals surface area (Å²) in [5, 5.41) is 10.8. The summed E-state index contributed by atoms with van der Waals surface area (Å²) in [5.41, 5.74) is 2.03. The summed E-state index contributed by atoms with van der Waals surface area (Å²) in [6.07, 6.45) is 17.0. The van der Waals surface area contributed by atoms with Gasteiger partial charge in [0, 0.05) is 5.54 Å². The van der Waals surface area contributed by atoms with E-state index in [4.69, 9.17) is 0 Å². The van der Waals surface area contributed by atoms with Crippen molar-refractivity contribution in [2.45, 2.75) is 110 Å². The Balaban J connectivity index is 3.19. The predicted molar refractivity (Wildman–Crippen MR) is 86.3 cm³/mol. The van der Waals surface area contributed by atoms with E-state index in [1.807, 2.05) is 6.92 Å². The van der Waals surface area contributed by atoms with E-state index < -0.39 is 0 Å². The van der Waals surface area contributed by atoms with Gasteiger partial charge in [0.1, 0.15) is 0 Å². The Kier molecular flexibility index (Phi) is 12.9. The summed E-state index contributed by atoms with van der Waals surface area (Å²) in [6.45, 7) is 6.39. The minimum Gasteiger partial charge on any atom is -0.787 e. The zero-order valence-electron chi connectivity index (χ0n) is 13.6. The second-order valence-corrected chi connectivity index (χ2v) is 6.30. The van der Waals surface area contributed by atoms with Crippen LogP contribution in [0.3, 0.4) is 0 Å². The van der Waals surface area contributed by atoms with Crippen molar-refractivity contribution in [1.82, 2.24) is 5.48 Å². The molecule has 0 aromatic heterocycles. The van der Waals surface area contributed by atoms with E-state index in [-0.39, 0.29) is 5.54 Å². The van der Waals surface area contributed by atoms with Crippen LogP contribution in [-0.2, 0) is 0 Å². The molecule has 1 atom stereocenters. The van der Waals surface area contributed by atoms with Crippen molar-refractivity contribution in [2.75, 3.05) is 0 Å². The van der Waals surface area contributed by atoms with Gasteiger partial charge in [0.25, 0.3) is 0 Å². The molecule has 0 aromatic carbocycles. The number of unbranched alkanes of at least 4 members (excludes halogenated alkanes) is 10. The van der Waals surface area contributed by atoms with Crippen molar-refractivity contribution in [2.24, 2.45) is 0 Å². The highest BCUT2D eigenvalue weighted by molar-refractivity contribution is 4.81. The molecule has 0 saturated carbocycles. The largest absolute Gasteiger partial charge is 0.787 e. The molecule has 1 unspecified atom stereocenters. The molecule has 0 aromatic rings. The van der Waals surface area contributed by atoms with Crippen LogP contribution in [0.2, 0.25) is 0 Å². The van der Waals surface area contributed by atoms with Crippen LogP contribution in [0, 0.1) is 5.21 Å². The maximum Gasteiger partial charge on any atom is 0.00343 e. The van der Waals surface area contributed by atoms with Crippen LogP contribution < -0.4 is 5.48 Å². The van der Waals surface area contributed by atoms with E-state index in [0.29, 0.717) is 0 Å². The molecule has 0 rings (SSSR count). The van der Waals surface area contributed by atoms with E-state index in [0.717, 1.165) is 12.8 Å². The van der Waals surface area contributed by atoms with Gasteiger partial charge in [0.15, 0.2) is 0 Å². The standard InChI is InChI=1S/C17H36NO/c1-4-6-7-8-9-10-11-12-13-14-15-16-17(3,5-2)18-19/h18H,4-16H2,1-3H3/q-1. The zero-order chi connectivity index (χ0) is 14.4. The fourth-order valence-electron chi connectivity index (χ4n) is 2.48. The SMILES string of the molecule is CCCCCCCCCCCCCC(C)(CC)N[O-]. The summed E-state index contributed by atoms with van der Waals surface area (Å²) in [6, 6.07) is 0. The maximum absolute atomic E-state index is 10.8. The zero-order valence-corrected chi connectivity index (χ0v) is 13.6. The summed E-state index contributed by atoms with van der Waals surface area (Å²) in [4.78, 5) is 0. The number of nitrogens with one attached hydrogen (secondary N) is 1. The van der Waals surface area contributed by atoms with E-state index in [1.165, 1.54) is 70.6 Å². The van der Waals surface area contributed by atoms with Crippen LogP contribution in [0.5, 0.6) is 0 Å². The molecule has 0 heterocycles. The molecule has 0 aliphatic heterocycles. The van der Waals surface area contributed by atoms with Gasteiger partial charge >= 0.3 is 0 Å². The Labute approximate surface area is 121 Å². The normalized spacial score (nSPS) is 14.5. The molecule has 0 fully saturated rings. The van der Waals surface area contributed by atoms with Crippen molar-refractivity contribution in [3.63, 3.8) is 0 Å². The molecule has 1 N–H and O–H groups in total. The highest BCUT2D eigenvalue weighted by Crippen LogP contribution is 2.19. The molecule has 0 saturated heterocycles. The molecule has 19 heavy (non-hydrogen) atoms. The van der Waals surface area contributed by atoms with Gasteiger partial charge in [0.05, 0.1) is 0 Å². The van der Waals surface area contributed by atoms with E-state index in [1.54, 1.807) is 0 Å². The van der Waals surface area contributed by atoms with Crippen molar-refractivity contribution < 1.29 is 0 Å². The molecule has 0 amide bonds. The number of hydrogen-bond donors (Lipinski definition) is 1. The third kappa shape index (κ3) is 11.4. The van der Waals surface area contributed by atoms with Crippen LogP contribution >= 0.6 is 0 Å². The summed E-state index contributed by atoms with van der Waals surface area (Å²) in [7, 11) is 0. The Morgan fingerprint density at radius 1 is 0.737 bits per heavy atom. The van der Waals surface area contributed by atoms with Crippen LogP contribution in [0.15, 0.2) is 0 Å². The first-order valence-electron chi connectivity index (χ1n) is 8.58. The first kappa shape index (κ1) is 18.9. The molecule has 2 heteroatoms. The molecule has 0 radical (unpaired) electrons. The van der Waals surface area contributed by atoms with E-state index >= 15 is 0 Å². The van der Waals surface area contributed by atoms with E-state index in [9.17, 15) is 5.21 Å². The molecular weight excluding hydrogens is 234 g/mol. The summed E-state index contributed by atoms with van der Waals surface area (Å²) in [5.74, 6) is 0. The quantitative estimate of drug-likeness (QED) is 0.313. The lowest BCUT2D eigenvalue weighted by Gasteiger charge is -2.33. The van der Waals surface area contributed by atoms with Gasteiger partial charge in [-0.05, 0) is 19.8 Å². The molecular formula is C17H36NO-. The lowest BCUT2D eigenvalue weighted by Crippen LogP contribution is -2.37. The predicted octanol–water partition coefficient (Wildman–Crippen LogP) is 5.94. The molecule has 116 valence electrons. The maximum atomic E-state index is 10.8. The molecule has 2 nitrogen and oxygen atoms in total. The van der Waals surface area contributed by atoms with Gasteiger partial charge in [-0.15, -0.1) is 0 Å². The number of hydroxylamine groups is 1. The van der Waals surface area contributed by atoms with Gasteiger partial charge in [-0.1, -0.05) is 84.5 Å². The lowest BCUT2D eigenvalue weighted by molar-refractivity contribution is 0.343. The van der Waals surface area contributed by atoms with Crippen LogP contribution in [0.1, 0.15) is 104 Å². The average molecular weight is 270 g/mol. The van der Waals surface area contributed by atoms with Gasteiger partial charge < -0.3 is 10.7 Å². The van der Waals surface area contributed by atoms with Crippen molar-refractivity contribution in [3.05, 3.63) is 5.21 Å². The van der Waals surface area contributed by atoms with Crippen LogP contribution in [0.25, 0.3) is 0 Å². The highest BCUT2D eigenvalue weighted by atomic mass is 16.5. The highest BCUT2D eigenvalue weighted by Gasteiger charge is 2.15. The van der Waals surface area contributed by atoms with Gasteiger partial charge in [-0.2, -0.15) is 0 Å². The van der Waals surface area contributed by atoms with Crippen LogP contribution in [0.4, 0.5) is 0 Å². The molecule has 0 bridgehead atoms. The Hall–Kier alpha value is -0.0800. The minimum absolute atomic E-state index is 0.181. The molecule has 0 spiro atoms. The smallest absolute Gasteiger partial charge is 0.00343 e. The lowest BCUT2D eigenvalue weighted by atomic mass is 9.92. The summed E-state index contributed by atoms with van der Waals surface area (Å²) < 4.78 is 0. The van der Waals surface area contributed by atoms with E-state index in [2.05, 4.69) is 19.3 Å². The monoisotopic (exact) mass is 270 g/mol. The second kappa shape index (κ2) is 12.9. The third-order valence-corrected chi connectivity index (χ3v) is 4.36. The molecule has 0 aliphatic carbocycles. The number of hydrogen-bond acceptors (Lipinski definition) is 2. The van der Waals surface area contributed by atoms with Gasteiger partial charge in [-0.3, -0.25) is 0 Å². The number of rotatable bonds is 14. The van der Waals surface area contributed by atoms with Crippen LogP contribution in [-0.4, -0.2) is 5.54 Å². The average Bonchev–Trinajstić information content (AvgIpc) is 2.44. The Morgan fingerprint density at radius 3 is 1.53 bits per heavy atom. The third-order valence-electron chi connectivity index (χ3n) is 4.36. The minimum atomic E-state index is -0.181. The van der Waals surface area contributed by atoms with Gasteiger partial charge in [0.2, 0.25) is 0 Å². The fraction of sp³-hybridized carbons (Fsp3) is 1.00. The van der Waals surface area contributed by atoms with Crippen molar-refractivity contribution in [1.29, 1.82) is 0 Å². The van der Waals surface area contributed by atoms with Gasteiger partial charge in [-0.25, -0.2) is 0 Å². The molecule has 0 aliphatic rings. The first-order valence-corrected chi connectivity index (χ1v) is 8.58. The Bertz CT molecular complexity index is 178. The van der Waals surface area contributed by atoms with Crippen molar-refractivity contribution in [3.8, 4) is 0 Å². The Morgan fingerprint density at radius 2 is 1.16 bits per heavy atom. The van der Waals surface area contributed by atoms with Crippen molar-refractivity contribution >= 4 is 0 Å². The first-order chi connectivity index (χ1) is 9.18.